The zero-order valence-electron chi connectivity index (χ0n) is 26.3. The predicted octanol–water partition coefficient (Wildman–Crippen LogP) is 6.27. The van der Waals surface area contributed by atoms with Crippen molar-refractivity contribution >= 4 is 28.8 Å². The van der Waals surface area contributed by atoms with Gasteiger partial charge in [-0.25, -0.2) is 0 Å². The molecule has 0 fully saturated rings. The van der Waals surface area contributed by atoms with Crippen molar-refractivity contribution in [1.29, 1.82) is 10.8 Å². The van der Waals surface area contributed by atoms with E-state index in [4.69, 9.17) is 16.9 Å². The summed E-state index contributed by atoms with van der Waals surface area (Å²) in [5.41, 5.74) is 18.2. The molecule has 1 unspecified atom stereocenters. The van der Waals surface area contributed by atoms with E-state index in [1.807, 2.05) is 49.4 Å². The third-order valence-corrected chi connectivity index (χ3v) is 7.58. The summed E-state index contributed by atoms with van der Waals surface area (Å²) < 4.78 is 0. The van der Waals surface area contributed by atoms with Gasteiger partial charge in [0.05, 0.1) is 18.1 Å². The summed E-state index contributed by atoms with van der Waals surface area (Å²) in [6, 6.07) is 24.7. The highest BCUT2D eigenvalue weighted by atomic mass is 16.2. The van der Waals surface area contributed by atoms with Crippen molar-refractivity contribution in [3.05, 3.63) is 107 Å². The zero-order valence-corrected chi connectivity index (χ0v) is 26.3. The second kappa shape index (κ2) is 14.7. The van der Waals surface area contributed by atoms with Crippen LogP contribution in [0.3, 0.4) is 0 Å². The van der Waals surface area contributed by atoms with Crippen molar-refractivity contribution in [1.82, 2.24) is 10.2 Å². The molecule has 3 aromatic carbocycles. The molecule has 0 spiro atoms. The largest absolute Gasteiger partial charge is 0.398 e. The third-order valence-electron chi connectivity index (χ3n) is 7.58. The van der Waals surface area contributed by atoms with Gasteiger partial charge in [0.1, 0.15) is 11.7 Å². The molecule has 0 saturated heterocycles. The molecule has 0 aliphatic rings. The molecule has 0 aliphatic heterocycles. The number of carbonyl (C=O) groups excluding carboxylic acids is 1. The van der Waals surface area contributed by atoms with Gasteiger partial charge in [0.2, 0.25) is 5.91 Å². The van der Waals surface area contributed by atoms with E-state index in [0.29, 0.717) is 18.0 Å². The highest BCUT2D eigenvalue weighted by molar-refractivity contribution is 6.03. The number of hydrogen-bond donors (Lipinski definition) is 5. The molecule has 43 heavy (non-hydrogen) atoms. The molecule has 0 bridgehead atoms. The first-order valence-electron chi connectivity index (χ1n) is 14.9. The van der Waals surface area contributed by atoms with Crippen LogP contribution in [0.2, 0.25) is 0 Å². The normalized spacial score (nSPS) is 12.4. The number of amides is 1. The van der Waals surface area contributed by atoms with E-state index in [1.54, 1.807) is 30.9 Å². The maximum absolute atomic E-state index is 13.3. The zero-order chi connectivity index (χ0) is 31.7. The topological polar surface area (TPSA) is 132 Å². The van der Waals surface area contributed by atoms with Crippen molar-refractivity contribution in [3.63, 3.8) is 0 Å². The number of nitrogens with two attached hydrogens (primary N) is 2. The minimum atomic E-state index is -1.15. The SMILES string of the molecule is C/C=C(/CC(NC(=O)C(C)(C)N)C(=N)N(Cc1ccc(CC)cc1N)C(=N)Cc1cc#ccc1)c1ccccc1C(C)C. The Morgan fingerprint density at radius 3 is 2.40 bits per heavy atom. The summed E-state index contributed by atoms with van der Waals surface area (Å²) >= 11 is 0. The van der Waals surface area contributed by atoms with Crippen LogP contribution in [-0.2, 0) is 24.2 Å². The Kier molecular flexibility index (Phi) is 11.3. The monoisotopic (exact) mass is 578 g/mol. The van der Waals surface area contributed by atoms with Crippen LogP contribution in [0, 0.1) is 23.0 Å². The van der Waals surface area contributed by atoms with Gasteiger partial charge in [0.25, 0.3) is 0 Å². The van der Waals surface area contributed by atoms with Gasteiger partial charge in [-0.15, -0.1) is 0 Å². The van der Waals surface area contributed by atoms with Crippen molar-refractivity contribution < 1.29 is 4.79 Å². The van der Waals surface area contributed by atoms with Crippen LogP contribution in [0.1, 0.15) is 81.7 Å². The lowest BCUT2D eigenvalue weighted by atomic mass is 9.88. The Balaban J connectivity index is 2.07. The summed E-state index contributed by atoms with van der Waals surface area (Å²) in [5.74, 6) is 0.218. The highest BCUT2D eigenvalue weighted by Gasteiger charge is 2.31. The van der Waals surface area contributed by atoms with E-state index in [9.17, 15) is 10.2 Å². The van der Waals surface area contributed by atoms with Crippen molar-refractivity contribution in [3.8, 4) is 0 Å². The fourth-order valence-electron chi connectivity index (χ4n) is 4.93. The molecule has 0 aromatic heterocycles. The number of carbonyl (C=O) groups is 1. The molecule has 7 nitrogen and oxygen atoms in total. The maximum atomic E-state index is 13.3. The Hall–Kier alpha value is -4.41. The van der Waals surface area contributed by atoms with Crippen molar-refractivity contribution in [2.75, 3.05) is 5.73 Å². The van der Waals surface area contributed by atoms with Gasteiger partial charge in [0.15, 0.2) is 0 Å². The van der Waals surface area contributed by atoms with E-state index in [-0.39, 0.29) is 30.5 Å². The minimum Gasteiger partial charge on any atom is -0.398 e. The maximum Gasteiger partial charge on any atom is 0.240 e. The number of amidine groups is 2. The van der Waals surface area contributed by atoms with Gasteiger partial charge in [-0.3, -0.25) is 15.6 Å². The van der Waals surface area contributed by atoms with Crippen LogP contribution >= 0.6 is 0 Å². The van der Waals surface area contributed by atoms with E-state index in [1.165, 1.54) is 5.56 Å². The first-order chi connectivity index (χ1) is 20.3. The Morgan fingerprint density at radius 2 is 1.81 bits per heavy atom. The molecule has 0 radical (unpaired) electrons. The number of hydrogen-bond acceptors (Lipinski definition) is 5. The number of nitrogen functional groups attached to an aromatic ring is 1. The third kappa shape index (κ3) is 8.79. The molecule has 3 rings (SSSR count). The smallest absolute Gasteiger partial charge is 0.240 e. The molecule has 7 N–H and O–H groups in total. The Labute approximate surface area is 257 Å². The number of rotatable bonds is 12. The molecule has 0 aliphatic carbocycles. The molecule has 0 saturated carbocycles. The second-order valence-corrected chi connectivity index (χ2v) is 11.8. The van der Waals surface area contributed by atoms with E-state index in [0.717, 1.165) is 34.2 Å². The van der Waals surface area contributed by atoms with Crippen molar-refractivity contribution in [2.24, 2.45) is 5.73 Å². The summed E-state index contributed by atoms with van der Waals surface area (Å²) in [4.78, 5) is 14.9. The molecule has 3 aromatic rings. The van der Waals surface area contributed by atoms with E-state index in [2.05, 4.69) is 50.4 Å². The van der Waals surface area contributed by atoms with E-state index < -0.39 is 11.6 Å². The quantitative estimate of drug-likeness (QED) is 0.0984. The van der Waals surface area contributed by atoms with Gasteiger partial charge in [-0.1, -0.05) is 75.4 Å². The lowest BCUT2D eigenvalue weighted by Crippen LogP contribution is -2.57. The lowest BCUT2D eigenvalue weighted by molar-refractivity contribution is -0.125. The summed E-state index contributed by atoms with van der Waals surface area (Å²) in [7, 11) is 0. The van der Waals surface area contributed by atoms with Crippen molar-refractivity contribution in [2.45, 2.75) is 84.8 Å². The number of anilines is 1. The predicted molar refractivity (Wildman–Crippen MR) is 178 cm³/mol. The molecular weight excluding hydrogens is 532 g/mol. The molecular formula is C36H46N6O. The van der Waals surface area contributed by atoms with Crippen LogP contribution in [0.15, 0.2) is 66.7 Å². The van der Waals surface area contributed by atoms with E-state index >= 15 is 0 Å². The van der Waals surface area contributed by atoms with Gasteiger partial charge in [0, 0.05) is 18.5 Å². The van der Waals surface area contributed by atoms with Crippen LogP contribution < -0.4 is 16.8 Å². The average molecular weight is 579 g/mol. The molecule has 1 atom stereocenters. The van der Waals surface area contributed by atoms with Crippen LogP contribution in [0.4, 0.5) is 5.69 Å². The van der Waals surface area contributed by atoms with Crippen LogP contribution in [-0.4, -0.2) is 34.1 Å². The number of aryl methyl sites for hydroxylation is 1. The van der Waals surface area contributed by atoms with Gasteiger partial charge >= 0.3 is 0 Å². The number of nitrogens with zero attached hydrogens (tertiary/aromatic N) is 1. The molecule has 0 heterocycles. The first-order valence-corrected chi connectivity index (χ1v) is 14.9. The number of nitrogens with one attached hydrogen (secondary N) is 3. The molecule has 226 valence electrons. The van der Waals surface area contributed by atoms with Gasteiger partial charge in [-0.05, 0) is 90.8 Å². The summed E-state index contributed by atoms with van der Waals surface area (Å²) in [6.07, 6.45) is 3.52. The number of allylic oxidation sites excluding steroid dienone is 1. The standard InChI is InChI=1S/C36H46N6O/c1-7-25-18-19-28(31(37)20-25)23-42(33(38)21-26-14-10-9-11-15-26)34(39)32(41-35(43)36(5,6)40)22-27(8-2)30-17-13-12-16-29(30)24(3)4/h8,10,12-20,24,32,38-39H,7,21-23,37,40H2,1-6H3,(H,41,43)/b27-8-,38-33?,39-34?. The number of benzene rings is 2. The minimum absolute atomic E-state index is 0.0921. The van der Waals surface area contributed by atoms with Crippen LogP contribution in [0.5, 0.6) is 0 Å². The second-order valence-electron chi connectivity index (χ2n) is 11.8. The van der Waals surface area contributed by atoms with Gasteiger partial charge < -0.3 is 21.7 Å². The summed E-state index contributed by atoms with van der Waals surface area (Å²) in [5, 5.41) is 21.7. The first kappa shape index (κ1) is 33.1. The molecule has 7 heteroatoms. The summed E-state index contributed by atoms with van der Waals surface area (Å²) in [6.45, 7) is 11.9. The Bertz CT molecular complexity index is 1450. The lowest BCUT2D eigenvalue weighted by Gasteiger charge is -2.33. The average Bonchev–Trinajstić information content (AvgIpc) is 2.98. The highest BCUT2D eigenvalue weighted by Crippen LogP contribution is 2.30. The van der Waals surface area contributed by atoms with Crippen LogP contribution in [0.25, 0.3) is 5.57 Å². The Morgan fingerprint density at radius 1 is 1.09 bits per heavy atom. The van der Waals surface area contributed by atoms with Gasteiger partial charge in [-0.2, -0.15) is 0 Å². The molecule has 1 amide bonds. The fourth-order valence-corrected chi connectivity index (χ4v) is 4.93. The fraction of sp³-hybridized carbons (Fsp3) is 0.361.